The number of anilines is 2. The Bertz CT molecular complexity index is 1330. The molecule has 0 aliphatic carbocycles. The lowest BCUT2D eigenvalue weighted by Gasteiger charge is -2.39. The fraction of sp³-hybridized carbons (Fsp3) is 0.333. The van der Waals surface area contributed by atoms with Gasteiger partial charge in [0.1, 0.15) is 17.7 Å². The summed E-state index contributed by atoms with van der Waals surface area (Å²) < 4.78 is 36.9. The second-order valence-corrected chi connectivity index (χ2v) is 10.7. The van der Waals surface area contributed by atoms with Gasteiger partial charge >= 0.3 is 12.0 Å². The molecule has 3 aromatic rings. The molecule has 2 amide bonds. The van der Waals surface area contributed by atoms with Crippen molar-refractivity contribution in [3.05, 3.63) is 60.4 Å². The SMILES string of the molecule is COc1cccc(-c2coc(NC(=O)N3CCC4(CC3)CN(S(C)(=O)=O)c3ccccc34)n2)c1. The van der Waals surface area contributed by atoms with Crippen molar-refractivity contribution in [1.82, 2.24) is 9.88 Å². The summed E-state index contributed by atoms with van der Waals surface area (Å²) in [6.45, 7) is 1.41. The van der Waals surface area contributed by atoms with Crippen molar-refractivity contribution >= 4 is 27.8 Å². The van der Waals surface area contributed by atoms with Crippen LogP contribution in [0.15, 0.2) is 59.2 Å². The number of urea groups is 1. The summed E-state index contributed by atoms with van der Waals surface area (Å²) in [6.07, 6.45) is 4.07. The third-order valence-corrected chi connectivity index (χ3v) is 7.81. The van der Waals surface area contributed by atoms with Gasteiger partial charge < -0.3 is 14.1 Å². The number of nitrogens with zero attached hydrogens (tertiary/aromatic N) is 3. The van der Waals surface area contributed by atoms with Gasteiger partial charge in [-0.3, -0.25) is 9.62 Å². The van der Waals surface area contributed by atoms with Gasteiger partial charge in [0.2, 0.25) is 10.0 Å². The molecule has 34 heavy (non-hydrogen) atoms. The predicted molar refractivity (Wildman–Crippen MR) is 129 cm³/mol. The van der Waals surface area contributed by atoms with E-state index in [1.807, 2.05) is 48.5 Å². The number of aromatic nitrogens is 1. The Hall–Kier alpha value is -3.53. The van der Waals surface area contributed by atoms with Crippen molar-refractivity contribution in [2.75, 3.05) is 42.6 Å². The Balaban J connectivity index is 1.26. The van der Waals surface area contributed by atoms with Crippen molar-refractivity contribution < 1.29 is 22.4 Å². The highest BCUT2D eigenvalue weighted by Gasteiger charge is 2.47. The number of methoxy groups -OCH3 is 1. The summed E-state index contributed by atoms with van der Waals surface area (Å²) in [6, 6.07) is 14.9. The highest BCUT2D eigenvalue weighted by Crippen LogP contribution is 2.47. The molecular formula is C24H26N4O5S. The van der Waals surface area contributed by atoms with Crippen LogP contribution in [-0.4, -0.2) is 57.3 Å². The van der Waals surface area contributed by atoms with Gasteiger partial charge in [-0.25, -0.2) is 13.2 Å². The van der Waals surface area contributed by atoms with Gasteiger partial charge in [-0.2, -0.15) is 4.98 Å². The monoisotopic (exact) mass is 482 g/mol. The number of fused-ring (bicyclic) bond motifs is 2. The first-order valence-electron chi connectivity index (χ1n) is 11.0. The number of sulfonamides is 1. The highest BCUT2D eigenvalue weighted by atomic mass is 32.2. The van der Waals surface area contributed by atoms with Crippen molar-refractivity contribution in [3.63, 3.8) is 0 Å². The Kier molecular flexibility index (Phi) is 5.47. The van der Waals surface area contributed by atoms with E-state index in [-0.39, 0.29) is 17.5 Å². The van der Waals surface area contributed by atoms with Crippen LogP contribution < -0.4 is 14.4 Å². The molecule has 2 aromatic carbocycles. The van der Waals surface area contributed by atoms with Crippen LogP contribution in [0.4, 0.5) is 16.5 Å². The van der Waals surface area contributed by atoms with Crippen molar-refractivity contribution in [3.8, 4) is 17.0 Å². The topological polar surface area (TPSA) is 105 Å². The molecule has 0 bridgehead atoms. The second-order valence-electron chi connectivity index (χ2n) is 8.75. The number of likely N-dealkylation sites (tertiary alicyclic amines) is 1. The number of para-hydroxylation sites is 1. The van der Waals surface area contributed by atoms with E-state index in [2.05, 4.69) is 10.3 Å². The normalized spacial score (nSPS) is 17.0. The summed E-state index contributed by atoms with van der Waals surface area (Å²) >= 11 is 0. The summed E-state index contributed by atoms with van der Waals surface area (Å²) in [7, 11) is -1.78. The third kappa shape index (κ3) is 3.98. The Morgan fingerprint density at radius 1 is 1.15 bits per heavy atom. The summed E-state index contributed by atoms with van der Waals surface area (Å²) in [4.78, 5) is 19.0. The molecular weight excluding hydrogens is 456 g/mol. The third-order valence-electron chi connectivity index (χ3n) is 6.68. The lowest BCUT2D eigenvalue weighted by molar-refractivity contribution is 0.173. The molecule has 2 aliphatic heterocycles. The Labute approximate surface area is 198 Å². The van der Waals surface area contributed by atoms with Crippen LogP contribution in [0.5, 0.6) is 5.75 Å². The highest BCUT2D eigenvalue weighted by molar-refractivity contribution is 7.92. The molecule has 1 saturated heterocycles. The smallest absolute Gasteiger partial charge is 0.325 e. The molecule has 178 valence electrons. The van der Waals surface area contributed by atoms with Gasteiger partial charge in [0.15, 0.2) is 0 Å². The number of carbonyl (C=O) groups excluding carboxylic acids is 1. The molecule has 1 aromatic heterocycles. The number of piperidine rings is 1. The minimum atomic E-state index is -3.38. The van der Waals surface area contributed by atoms with E-state index in [4.69, 9.17) is 9.15 Å². The van der Waals surface area contributed by atoms with Crippen LogP contribution in [0, 0.1) is 0 Å². The fourth-order valence-electron chi connectivity index (χ4n) is 4.86. The van der Waals surface area contributed by atoms with E-state index < -0.39 is 10.0 Å². The number of rotatable bonds is 4. The van der Waals surface area contributed by atoms with E-state index >= 15 is 0 Å². The van der Waals surface area contributed by atoms with Gasteiger partial charge in [0.05, 0.1) is 19.1 Å². The average Bonchev–Trinajstić information content (AvgIpc) is 3.43. The molecule has 5 rings (SSSR count). The van der Waals surface area contributed by atoms with Gasteiger partial charge in [-0.15, -0.1) is 0 Å². The molecule has 9 nitrogen and oxygen atoms in total. The standard InChI is InChI=1S/C24H26N4O5S/c1-32-18-7-5-6-17(14-18)20-15-33-22(25-20)26-23(29)27-12-10-24(11-13-27)16-28(34(2,30)31)21-9-4-3-8-19(21)24/h3-9,14-15H,10-13,16H2,1-2H3,(H,25,26,29). The van der Waals surface area contributed by atoms with Crippen LogP contribution in [-0.2, 0) is 15.4 Å². The maximum Gasteiger partial charge on any atom is 0.325 e. The minimum Gasteiger partial charge on any atom is -0.497 e. The lowest BCUT2D eigenvalue weighted by atomic mass is 9.74. The largest absolute Gasteiger partial charge is 0.497 e. The molecule has 0 radical (unpaired) electrons. The number of amides is 2. The first-order chi connectivity index (χ1) is 16.3. The Morgan fingerprint density at radius 3 is 2.65 bits per heavy atom. The first-order valence-corrected chi connectivity index (χ1v) is 12.9. The zero-order chi connectivity index (χ0) is 23.9. The minimum absolute atomic E-state index is 0.123. The molecule has 0 atom stereocenters. The number of nitrogens with one attached hydrogen (secondary N) is 1. The van der Waals surface area contributed by atoms with Gasteiger partial charge in [-0.1, -0.05) is 30.3 Å². The zero-order valence-electron chi connectivity index (χ0n) is 19.0. The second kappa shape index (κ2) is 8.35. The predicted octanol–water partition coefficient (Wildman–Crippen LogP) is 3.70. The van der Waals surface area contributed by atoms with Crippen molar-refractivity contribution in [2.24, 2.45) is 0 Å². The summed E-state index contributed by atoms with van der Waals surface area (Å²) in [5.41, 5.74) is 2.90. The number of hydrogen-bond donors (Lipinski definition) is 1. The number of oxazole rings is 1. The maximum absolute atomic E-state index is 12.9. The van der Waals surface area contributed by atoms with Crippen LogP contribution >= 0.6 is 0 Å². The van der Waals surface area contributed by atoms with E-state index in [1.165, 1.54) is 16.8 Å². The average molecular weight is 483 g/mol. The molecule has 1 fully saturated rings. The van der Waals surface area contributed by atoms with E-state index in [0.29, 0.717) is 43.9 Å². The molecule has 0 saturated carbocycles. The van der Waals surface area contributed by atoms with E-state index in [9.17, 15) is 13.2 Å². The van der Waals surface area contributed by atoms with E-state index in [0.717, 1.165) is 16.8 Å². The van der Waals surface area contributed by atoms with Crippen LogP contribution in [0.3, 0.4) is 0 Å². The Morgan fingerprint density at radius 2 is 1.91 bits per heavy atom. The van der Waals surface area contributed by atoms with Crippen LogP contribution in [0.25, 0.3) is 11.3 Å². The quantitative estimate of drug-likeness (QED) is 0.608. The van der Waals surface area contributed by atoms with Crippen molar-refractivity contribution in [1.29, 1.82) is 0 Å². The molecule has 2 aliphatic rings. The zero-order valence-corrected chi connectivity index (χ0v) is 19.8. The molecule has 1 spiro atoms. The number of carbonyl (C=O) groups is 1. The van der Waals surface area contributed by atoms with Crippen LogP contribution in [0.1, 0.15) is 18.4 Å². The molecule has 1 N–H and O–H groups in total. The van der Waals surface area contributed by atoms with Gasteiger partial charge in [0.25, 0.3) is 0 Å². The number of ether oxygens (including phenoxy) is 1. The lowest BCUT2D eigenvalue weighted by Crippen LogP contribution is -2.48. The molecule has 3 heterocycles. The summed E-state index contributed by atoms with van der Waals surface area (Å²) in [5, 5.41) is 2.73. The van der Waals surface area contributed by atoms with Crippen molar-refractivity contribution in [2.45, 2.75) is 18.3 Å². The number of benzene rings is 2. The van der Waals surface area contributed by atoms with Gasteiger partial charge in [0, 0.05) is 30.6 Å². The molecule has 10 heteroatoms. The van der Waals surface area contributed by atoms with Gasteiger partial charge in [-0.05, 0) is 36.6 Å². The summed E-state index contributed by atoms with van der Waals surface area (Å²) in [5.74, 6) is 0.705. The van der Waals surface area contributed by atoms with E-state index in [1.54, 1.807) is 12.0 Å². The number of hydrogen-bond acceptors (Lipinski definition) is 6. The maximum atomic E-state index is 12.9. The molecule has 0 unspecified atom stereocenters. The fourth-order valence-corrected chi connectivity index (χ4v) is 5.86. The van der Waals surface area contributed by atoms with Crippen LogP contribution in [0.2, 0.25) is 0 Å². The first kappa shape index (κ1) is 22.3.